The molecule has 1 aliphatic rings. The van der Waals surface area contributed by atoms with Crippen LogP contribution in [0.1, 0.15) is 48.8 Å². The molecule has 3 atom stereocenters. The minimum atomic E-state index is -0.588. The summed E-state index contributed by atoms with van der Waals surface area (Å²) in [5.41, 5.74) is 8.27. The monoisotopic (exact) mass is 392 g/mol. The SMILES string of the molecule is C[C@H](NC(=O)[C@@H]1CC[C@H](c2ccccc2)C1)C(=O)NCc1ccc(C(=N)N)cc1. The zero-order valence-electron chi connectivity index (χ0n) is 16.7. The number of nitrogens with two attached hydrogens (primary N) is 1. The molecule has 0 bridgehead atoms. The van der Waals surface area contributed by atoms with Crippen molar-refractivity contribution >= 4 is 17.6 Å². The fourth-order valence-electron chi connectivity index (χ4n) is 3.79. The summed E-state index contributed by atoms with van der Waals surface area (Å²) < 4.78 is 0. The zero-order chi connectivity index (χ0) is 20.8. The average molecular weight is 393 g/mol. The number of rotatable bonds is 7. The Bertz CT molecular complexity index is 864. The Morgan fingerprint density at radius 1 is 1.10 bits per heavy atom. The summed E-state index contributed by atoms with van der Waals surface area (Å²) in [5.74, 6) is 0.116. The summed E-state index contributed by atoms with van der Waals surface area (Å²) in [5, 5.41) is 13.1. The molecule has 1 saturated carbocycles. The van der Waals surface area contributed by atoms with E-state index >= 15 is 0 Å². The van der Waals surface area contributed by atoms with Crippen LogP contribution in [0.4, 0.5) is 0 Å². The number of amidine groups is 1. The Balaban J connectivity index is 1.45. The van der Waals surface area contributed by atoms with Crippen molar-refractivity contribution < 1.29 is 9.59 Å². The lowest BCUT2D eigenvalue weighted by Gasteiger charge is -2.17. The predicted molar refractivity (Wildman–Crippen MR) is 113 cm³/mol. The minimum Gasteiger partial charge on any atom is -0.384 e. The molecule has 1 aliphatic carbocycles. The second-order valence-electron chi connectivity index (χ2n) is 7.68. The van der Waals surface area contributed by atoms with Crippen LogP contribution in [0.3, 0.4) is 0 Å². The number of hydrogen-bond donors (Lipinski definition) is 4. The van der Waals surface area contributed by atoms with Crippen LogP contribution in [-0.4, -0.2) is 23.7 Å². The fraction of sp³-hybridized carbons (Fsp3) is 0.348. The van der Waals surface area contributed by atoms with Gasteiger partial charge in [0.25, 0.3) is 0 Å². The Morgan fingerprint density at radius 2 is 1.79 bits per heavy atom. The van der Waals surface area contributed by atoms with Gasteiger partial charge in [-0.05, 0) is 43.2 Å². The quantitative estimate of drug-likeness (QED) is 0.430. The first-order valence-corrected chi connectivity index (χ1v) is 10.0. The molecule has 1 fully saturated rings. The third kappa shape index (κ3) is 5.44. The summed E-state index contributed by atoms with van der Waals surface area (Å²) >= 11 is 0. The molecule has 0 spiro atoms. The summed E-state index contributed by atoms with van der Waals surface area (Å²) in [7, 11) is 0. The molecule has 0 heterocycles. The molecule has 0 unspecified atom stereocenters. The first-order chi connectivity index (χ1) is 13.9. The van der Waals surface area contributed by atoms with Gasteiger partial charge in [0, 0.05) is 18.0 Å². The number of benzene rings is 2. The number of hydrogen-bond acceptors (Lipinski definition) is 3. The molecule has 2 aromatic rings. The topological polar surface area (TPSA) is 108 Å². The minimum absolute atomic E-state index is 0.0123. The van der Waals surface area contributed by atoms with Gasteiger partial charge in [-0.1, -0.05) is 54.6 Å². The standard InChI is InChI=1S/C23H28N4O2/c1-15(22(28)26-14-16-7-9-18(10-8-16)21(24)25)27-23(29)20-12-11-19(13-20)17-5-3-2-4-6-17/h2-10,15,19-20H,11-14H2,1H3,(H3,24,25)(H,26,28)(H,27,29)/t15-,19-,20+/m0/s1. The van der Waals surface area contributed by atoms with Crippen molar-refractivity contribution in [2.24, 2.45) is 11.7 Å². The van der Waals surface area contributed by atoms with E-state index in [1.54, 1.807) is 19.1 Å². The van der Waals surface area contributed by atoms with E-state index < -0.39 is 6.04 Å². The Hall–Kier alpha value is -3.15. The van der Waals surface area contributed by atoms with Crippen LogP contribution in [-0.2, 0) is 16.1 Å². The van der Waals surface area contributed by atoms with Crippen LogP contribution in [0.2, 0.25) is 0 Å². The van der Waals surface area contributed by atoms with E-state index in [1.165, 1.54) is 5.56 Å². The number of nitrogen functional groups attached to an aromatic ring is 1. The highest BCUT2D eigenvalue weighted by Gasteiger charge is 2.31. The summed E-state index contributed by atoms with van der Waals surface area (Å²) in [6.45, 7) is 2.06. The van der Waals surface area contributed by atoms with Crippen LogP contribution < -0.4 is 16.4 Å². The van der Waals surface area contributed by atoms with Crippen LogP contribution in [0.15, 0.2) is 54.6 Å². The van der Waals surface area contributed by atoms with Gasteiger partial charge in [0.1, 0.15) is 11.9 Å². The fourth-order valence-corrected chi connectivity index (χ4v) is 3.79. The van der Waals surface area contributed by atoms with E-state index in [0.29, 0.717) is 18.0 Å². The van der Waals surface area contributed by atoms with Crippen molar-refractivity contribution in [1.29, 1.82) is 5.41 Å². The summed E-state index contributed by atoms with van der Waals surface area (Å²) in [6, 6.07) is 16.8. The van der Waals surface area contributed by atoms with Crippen molar-refractivity contribution in [3.8, 4) is 0 Å². The molecule has 3 rings (SSSR count). The second-order valence-corrected chi connectivity index (χ2v) is 7.68. The van der Waals surface area contributed by atoms with E-state index in [2.05, 4.69) is 22.8 Å². The lowest BCUT2D eigenvalue weighted by molar-refractivity contribution is -0.130. The molecular weight excluding hydrogens is 364 g/mol. The molecule has 2 amide bonds. The van der Waals surface area contributed by atoms with E-state index in [4.69, 9.17) is 11.1 Å². The lowest BCUT2D eigenvalue weighted by atomic mass is 9.96. The highest BCUT2D eigenvalue weighted by atomic mass is 16.2. The number of nitrogens with one attached hydrogen (secondary N) is 3. The van der Waals surface area contributed by atoms with E-state index in [1.807, 2.05) is 30.3 Å². The molecule has 6 heteroatoms. The predicted octanol–water partition coefficient (Wildman–Crippen LogP) is 2.68. The highest BCUT2D eigenvalue weighted by molar-refractivity contribution is 5.94. The zero-order valence-corrected chi connectivity index (χ0v) is 16.7. The smallest absolute Gasteiger partial charge is 0.242 e. The maximum Gasteiger partial charge on any atom is 0.242 e. The van der Waals surface area contributed by atoms with Crippen LogP contribution >= 0.6 is 0 Å². The van der Waals surface area contributed by atoms with Gasteiger partial charge in [0.2, 0.25) is 11.8 Å². The first kappa shape index (κ1) is 20.6. The lowest BCUT2D eigenvalue weighted by Crippen LogP contribution is -2.46. The highest BCUT2D eigenvalue weighted by Crippen LogP contribution is 2.38. The summed E-state index contributed by atoms with van der Waals surface area (Å²) in [4.78, 5) is 24.9. The second kappa shape index (κ2) is 9.37. The molecular formula is C23H28N4O2. The van der Waals surface area contributed by atoms with Crippen molar-refractivity contribution in [2.75, 3.05) is 0 Å². The van der Waals surface area contributed by atoms with Crippen LogP contribution in [0.25, 0.3) is 0 Å². The third-order valence-electron chi connectivity index (χ3n) is 5.56. The normalized spacial score (nSPS) is 19.3. The van der Waals surface area contributed by atoms with Gasteiger partial charge < -0.3 is 16.4 Å². The third-order valence-corrected chi connectivity index (χ3v) is 5.56. The van der Waals surface area contributed by atoms with Crippen molar-refractivity contribution in [3.63, 3.8) is 0 Å². The van der Waals surface area contributed by atoms with Gasteiger partial charge in [-0.2, -0.15) is 0 Å². The van der Waals surface area contributed by atoms with E-state index in [0.717, 1.165) is 24.8 Å². The Kier molecular flexibility index (Phi) is 6.65. The molecule has 6 nitrogen and oxygen atoms in total. The number of carbonyl (C=O) groups excluding carboxylic acids is 2. The van der Waals surface area contributed by atoms with Gasteiger partial charge >= 0.3 is 0 Å². The van der Waals surface area contributed by atoms with Gasteiger partial charge in [0.15, 0.2) is 0 Å². The average Bonchev–Trinajstić information content (AvgIpc) is 3.23. The summed E-state index contributed by atoms with van der Waals surface area (Å²) in [6.07, 6.45) is 2.67. The van der Waals surface area contributed by atoms with Crippen molar-refractivity contribution in [3.05, 3.63) is 71.3 Å². The molecule has 2 aromatic carbocycles. The molecule has 29 heavy (non-hydrogen) atoms. The number of amides is 2. The van der Waals surface area contributed by atoms with Crippen LogP contribution in [0.5, 0.6) is 0 Å². The van der Waals surface area contributed by atoms with Crippen LogP contribution in [0, 0.1) is 11.3 Å². The molecule has 0 aromatic heterocycles. The van der Waals surface area contributed by atoms with Gasteiger partial charge in [0.05, 0.1) is 0 Å². The van der Waals surface area contributed by atoms with Crippen molar-refractivity contribution in [2.45, 2.75) is 44.7 Å². The molecule has 0 radical (unpaired) electrons. The van der Waals surface area contributed by atoms with E-state index in [-0.39, 0.29) is 23.6 Å². The Morgan fingerprint density at radius 3 is 2.45 bits per heavy atom. The Labute approximate surface area is 171 Å². The number of carbonyl (C=O) groups is 2. The van der Waals surface area contributed by atoms with Gasteiger partial charge in [-0.15, -0.1) is 0 Å². The maximum absolute atomic E-state index is 12.6. The molecule has 0 saturated heterocycles. The molecule has 152 valence electrons. The maximum atomic E-state index is 12.6. The van der Waals surface area contributed by atoms with Gasteiger partial charge in [-0.3, -0.25) is 15.0 Å². The molecule has 0 aliphatic heterocycles. The van der Waals surface area contributed by atoms with E-state index in [9.17, 15) is 9.59 Å². The largest absolute Gasteiger partial charge is 0.384 e. The van der Waals surface area contributed by atoms with Crippen molar-refractivity contribution in [1.82, 2.24) is 10.6 Å². The first-order valence-electron chi connectivity index (χ1n) is 10.0. The molecule has 5 N–H and O–H groups in total. The van der Waals surface area contributed by atoms with Gasteiger partial charge in [-0.25, -0.2) is 0 Å².